The first kappa shape index (κ1) is 12.4. The highest BCUT2D eigenvalue weighted by Crippen LogP contribution is 2.33. The maximum atomic E-state index is 13.4. The highest BCUT2D eigenvalue weighted by atomic mass is 19.1. The third kappa shape index (κ3) is 2.16. The minimum Gasteiger partial charge on any atom is -0.453 e. The maximum Gasteiger partial charge on any atom is 0.153 e. The number of nitrogen functional groups attached to an aromatic ring is 1. The van der Waals surface area contributed by atoms with Gasteiger partial charge in [-0.3, -0.25) is 4.98 Å². The van der Waals surface area contributed by atoms with Gasteiger partial charge >= 0.3 is 0 Å². The molecule has 0 saturated carbocycles. The number of aryl methyl sites for hydroxylation is 1. The summed E-state index contributed by atoms with van der Waals surface area (Å²) in [6.07, 6.45) is 1.70. The molecular weight excluding hydrogens is 255 g/mol. The Morgan fingerprint density at radius 3 is 2.75 bits per heavy atom. The predicted molar refractivity (Wildman–Crippen MR) is 77.4 cm³/mol. The van der Waals surface area contributed by atoms with Gasteiger partial charge in [0, 0.05) is 17.6 Å². The molecule has 0 aliphatic heterocycles. The highest BCUT2D eigenvalue weighted by Gasteiger charge is 2.09. The fourth-order valence-corrected chi connectivity index (χ4v) is 2.04. The lowest BCUT2D eigenvalue weighted by Crippen LogP contribution is -1.96. The van der Waals surface area contributed by atoms with Crippen LogP contribution in [0.25, 0.3) is 10.9 Å². The summed E-state index contributed by atoms with van der Waals surface area (Å²) in [7, 11) is 0. The zero-order valence-corrected chi connectivity index (χ0v) is 10.9. The number of pyridine rings is 1. The molecule has 0 amide bonds. The van der Waals surface area contributed by atoms with Gasteiger partial charge in [-0.05, 0) is 30.7 Å². The Hall–Kier alpha value is -2.62. The Kier molecular flexibility index (Phi) is 2.99. The molecule has 0 bridgehead atoms. The standard InChI is InChI=1S/C16H13FN2O/c1-10-8-15(13(18)9-12(10)17)20-14-6-2-4-11-5-3-7-19-16(11)14/h2-9H,18H2,1H3. The fourth-order valence-electron chi connectivity index (χ4n) is 2.04. The topological polar surface area (TPSA) is 48.1 Å². The van der Waals surface area contributed by atoms with Crippen LogP contribution in [0.2, 0.25) is 0 Å². The second-order valence-corrected chi connectivity index (χ2v) is 4.57. The van der Waals surface area contributed by atoms with E-state index in [1.165, 1.54) is 6.07 Å². The van der Waals surface area contributed by atoms with Gasteiger partial charge in [0.1, 0.15) is 11.3 Å². The van der Waals surface area contributed by atoms with E-state index >= 15 is 0 Å². The molecule has 20 heavy (non-hydrogen) atoms. The number of aromatic nitrogens is 1. The van der Waals surface area contributed by atoms with Crippen LogP contribution in [-0.2, 0) is 0 Å². The van der Waals surface area contributed by atoms with Gasteiger partial charge in [0.15, 0.2) is 11.5 Å². The van der Waals surface area contributed by atoms with Crippen molar-refractivity contribution in [1.82, 2.24) is 4.98 Å². The van der Waals surface area contributed by atoms with Crippen molar-refractivity contribution in [3.8, 4) is 11.5 Å². The Bertz CT molecular complexity index is 781. The van der Waals surface area contributed by atoms with E-state index in [0.717, 1.165) is 10.9 Å². The number of nitrogens with zero attached hydrogens (tertiary/aromatic N) is 1. The zero-order valence-electron chi connectivity index (χ0n) is 10.9. The number of anilines is 1. The number of hydrogen-bond acceptors (Lipinski definition) is 3. The second-order valence-electron chi connectivity index (χ2n) is 4.57. The Labute approximate surface area is 115 Å². The average Bonchev–Trinajstić information content (AvgIpc) is 2.45. The number of hydrogen-bond donors (Lipinski definition) is 1. The van der Waals surface area contributed by atoms with Crippen molar-refractivity contribution in [2.75, 3.05) is 5.73 Å². The van der Waals surface area contributed by atoms with Crippen LogP contribution >= 0.6 is 0 Å². The molecule has 3 rings (SSSR count). The summed E-state index contributed by atoms with van der Waals surface area (Å²) in [6, 6.07) is 12.3. The van der Waals surface area contributed by atoms with Crippen molar-refractivity contribution >= 4 is 16.6 Å². The molecule has 0 aliphatic carbocycles. The van der Waals surface area contributed by atoms with Crippen LogP contribution in [0.3, 0.4) is 0 Å². The van der Waals surface area contributed by atoms with Crippen molar-refractivity contribution in [2.45, 2.75) is 6.92 Å². The number of fused-ring (bicyclic) bond motifs is 1. The maximum absolute atomic E-state index is 13.4. The van der Waals surface area contributed by atoms with Crippen LogP contribution in [0.5, 0.6) is 11.5 Å². The van der Waals surface area contributed by atoms with E-state index in [2.05, 4.69) is 4.98 Å². The Balaban J connectivity index is 2.08. The molecule has 3 nitrogen and oxygen atoms in total. The summed E-state index contributed by atoms with van der Waals surface area (Å²) in [5.41, 5.74) is 7.30. The summed E-state index contributed by atoms with van der Waals surface area (Å²) in [4.78, 5) is 4.31. The first-order valence-electron chi connectivity index (χ1n) is 6.22. The minimum atomic E-state index is -0.342. The largest absolute Gasteiger partial charge is 0.453 e. The molecule has 1 heterocycles. The molecule has 2 N–H and O–H groups in total. The Morgan fingerprint density at radius 1 is 1.10 bits per heavy atom. The minimum absolute atomic E-state index is 0.265. The van der Waals surface area contributed by atoms with Crippen molar-refractivity contribution in [3.63, 3.8) is 0 Å². The van der Waals surface area contributed by atoms with Gasteiger partial charge < -0.3 is 10.5 Å². The lowest BCUT2D eigenvalue weighted by atomic mass is 10.2. The first-order valence-corrected chi connectivity index (χ1v) is 6.22. The van der Waals surface area contributed by atoms with Crippen LogP contribution in [0.4, 0.5) is 10.1 Å². The summed E-state index contributed by atoms with van der Waals surface area (Å²) in [5.74, 6) is 0.689. The molecule has 0 aliphatic rings. The first-order chi connectivity index (χ1) is 9.65. The van der Waals surface area contributed by atoms with Gasteiger partial charge in [-0.15, -0.1) is 0 Å². The van der Waals surface area contributed by atoms with Gasteiger partial charge in [0.05, 0.1) is 5.69 Å². The number of ether oxygens (including phenoxy) is 1. The summed E-state index contributed by atoms with van der Waals surface area (Å²) >= 11 is 0. The van der Waals surface area contributed by atoms with Crippen LogP contribution in [0.15, 0.2) is 48.7 Å². The highest BCUT2D eigenvalue weighted by molar-refractivity contribution is 5.84. The smallest absolute Gasteiger partial charge is 0.153 e. The van der Waals surface area contributed by atoms with E-state index < -0.39 is 0 Å². The van der Waals surface area contributed by atoms with Gasteiger partial charge in [0.2, 0.25) is 0 Å². The summed E-state index contributed by atoms with van der Waals surface area (Å²) < 4.78 is 19.2. The fraction of sp³-hybridized carbons (Fsp3) is 0.0625. The number of halogens is 1. The molecule has 4 heteroatoms. The van der Waals surface area contributed by atoms with Crippen LogP contribution < -0.4 is 10.5 Å². The number of para-hydroxylation sites is 1. The molecule has 0 atom stereocenters. The van der Waals surface area contributed by atoms with Crippen molar-refractivity contribution in [1.29, 1.82) is 0 Å². The number of nitrogens with two attached hydrogens (primary N) is 1. The van der Waals surface area contributed by atoms with E-state index in [4.69, 9.17) is 10.5 Å². The number of benzene rings is 2. The van der Waals surface area contributed by atoms with Gasteiger partial charge in [-0.25, -0.2) is 4.39 Å². The van der Waals surface area contributed by atoms with Crippen molar-refractivity contribution in [3.05, 3.63) is 60.0 Å². The van der Waals surface area contributed by atoms with E-state index in [9.17, 15) is 4.39 Å². The van der Waals surface area contributed by atoms with E-state index in [1.807, 2.05) is 30.3 Å². The monoisotopic (exact) mass is 268 g/mol. The molecular formula is C16H13FN2O. The molecule has 1 aromatic heterocycles. The summed E-state index contributed by atoms with van der Waals surface area (Å²) in [5, 5.41) is 0.974. The van der Waals surface area contributed by atoms with E-state index in [0.29, 0.717) is 17.1 Å². The molecule has 0 saturated heterocycles. The predicted octanol–water partition coefficient (Wildman–Crippen LogP) is 4.06. The molecule has 2 aromatic carbocycles. The van der Waals surface area contributed by atoms with Gasteiger partial charge in [-0.1, -0.05) is 18.2 Å². The zero-order chi connectivity index (χ0) is 14.1. The second kappa shape index (κ2) is 4.81. The molecule has 0 radical (unpaired) electrons. The van der Waals surface area contributed by atoms with Gasteiger partial charge in [-0.2, -0.15) is 0 Å². The molecule has 0 unspecified atom stereocenters. The van der Waals surface area contributed by atoms with Crippen LogP contribution in [-0.4, -0.2) is 4.98 Å². The molecule has 0 fully saturated rings. The number of rotatable bonds is 2. The van der Waals surface area contributed by atoms with Crippen molar-refractivity contribution in [2.24, 2.45) is 0 Å². The Morgan fingerprint density at radius 2 is 1.90 bits per heavy atom. The van der Waals surface area contributed by atoms with Gasteiger partial charge in [0.25, 0.3) is 0 Å². The quantitative estimate of drug-likeness (QED) is 0.713. The van der Waals surface area contributed by atoms with Crippen LogP contribution in [0.1, 0.15) is 5.56 Å². The molecule has 100 valence electrons. The lowest BCUT2D eigenvalue weighted by Gasteiger charge is -2.11. The third-order valence-electron chi connectivity index (χ3n) is 3.11. The normalized spacial score (nSPS) is 10.7. The van der Waals surface area contributed by atoms with E-state index in [1.54, 1.807) is 19.2 Å². The van der Waals surface area contributed by atoms with Crippen LogP contribution in [0, 0.1) is 12.7 Å². The van der Waals surface area contributed by atoms with E-state index in [-0.39, 0.29) is 11.5 Å². The molecule has 0 spiro atoms. The SMILES string of the molecule is Cc1cc(Oc2cccc3cccnc23)c(N)cc1F. The molecule has 3 aromatic rings. The average molecular weight is 268 g/mol. The summed E-state index contributed by atoms with van der Waals surface area (Å²) in [6.45, 7) is 1.67. The third-order valence-corrected chi connectivity index (χ3v) is 3.11. The lowest BCUT2D eigenvalue weighted by molar-refractivity contribution is 0.486. The van der Waals surface area contributed by atoms with Crippen molar-refractivity contribution < 1.29 is 9.13 Å².